The molecule has 10 heteroatoms. The van der Waals surface area contributed by atoms with E-state index in [1.54, 1.807) is 23.1 Å². The summed E-state index contributed by atoms with van der Waals surface area (Å²) < 4.78 is 12.8. The lowest BCUT2D eigenvalue weighted by Gasteiger charge is -2.36. The molecule has 10 nitrogen and oxygen atoms in total. The van der Waals surface area contributed by atoms with E-state index in [1.165, 1.54) is 6.42 Å². The van der Waals surface area contributed by atoms with E-state index >= 15 is 0 Å². The lowest BCUT2D eigenvalue weighted by atomic mass is 9.88. The van der Waals surface area contributed by atoms with Gasteiger partial charge in [0.25, 0.3) is 5.91 Å². The number of aliphatic hydroxyl groups excluding tert-OH is 1. The van der Waals surface area contributed by atoms with Crippen LogP contribution >= 0.6 is 0 Å². The molecule has 1 saturated carbocycles. The minimum atomic E-state index is -0.503. The molecule has 4 amide bonds. The monoisotopic (exact) mass is 686 g/mol. The molecule has 0 aromatic heterocycles. The summed E-state index contributed by atoms with van der Waals surface area (Å²) in [6, 6.07) is 17.7. The zero-order valence-electron chi connectivity index (χ0n) is 30.0. The minimum absolute atomic E-state index is 0.0602. The summed E-state index contributed by atoms with van der Waals surface area (Å²) in [6.45, 7) is 6.87. The van der Waals surface area contributed by atoms with Crippen LogP contribution in [0.1, 0.15) is 82.5 Å². The first-order chi connectivity index (χ1) is 24.1. The summed E-state index contributed by atoms with van der Waals surface area (Å²) in [5.74, 6) is 0.189. The molecule has 3 aromatic carbocycles. The average molecular weight is 687 g/mol. The molecule has 3 aromatic rings. The SMILES string of the molecule is C[C@@H]1CCCCO[C@H](CN(C)C(=O)C2CCCCC2)[C@H](C)CN([C@H](C)CO)C(=O)c2cc(NC(=O)Nc3cccc4ccccc34)ccc2O1. The van der Waals surface area contributed by atoms with Crippen molar-refractivity contribution in [2.75, 3.05) is 44.0 Å². The van der Waals surface area contributed by atoms with E-state index in [9.17, 15) is 19.5 Å². The molecule has 0 unspecified atom stereocenters. The van der Waals surface area contributed by atoms with Crippen molar-refractivity contribution in [3.63, 3.8) is 0 Å². The number of rotatable bonds is 7. The standard InChI is InChI=1S/C40H54N4O6/c1-27-24-44(28(2)26-45)39(47)34-23-32(41-40(48)42-35-19-12-17-30-14-8-9-18-33(30)35)20-21-36(34)50-29(3)13-10-11-22-49-37(27)25-43(4)38(46)31-15-6-5-7-16-31/h8-9,12,14,17-21,23,27-29,31,37,45H,5-7,10-11,13,15-16,22,24-26H2,1-4H3,(H2,41,42,48)/t27-,28-,29-,37-/m1/s1. The summed E-state index contributed by atoms with van der Waals surface area (Å²) in [6.07, 6.45) is 7.25. The number of amides is 4. The van der Waals surface area contributed by atoms with Crippen LogP contribution in [-0.4, -0.2) is 84.4 Å². The number of likely N-dealkylation sites (N-methyl/N-ethyl adjacent to an activating group) is 1. The molecule has 4 atom stereocenters. The maximum absolute atomic E-state index is 14.5. The Bertz CT molecular complexity index is 1600. The van der Waals surface area contributed by atoms with Gasteiger partial charge in [-0.25, -0.2) is 4.79 Å². The third-order valence-electron chi connectivity index (χ3n) is 10.1. The molecule has 1 aliphatic carbocycles. The number of fused-ring (bicyclic) bond motifs is 2. The van der Waals surface area contributed by atoms with Crippen LogP contribution in [0.25, 0.3) is 10.8 Å². The van der Waals surface area contributed by atoms with Crippen LogP contribution in [0.2, 0.25) is 0 Å². The Kier molecular flexibility index (Phi) is 13.1. The van der Waals surface area contributed by atoms with Crippen molar-refractivity contribution >= 4 is 40.0 Å². The van der Waals surface area contributed by atoms with Gasteiger partial charge in [0.05, 0.1) is 36.1 Å². The number of carbonyl (C=O) groups excluding carboxylic acids is 3. The first-order valence-electron chi connectivity index (χ1n) is 18.3. The highest BCUT2D eigenvalue weighted by Crippen LogP contribution is 2.30. The van der Waals surface area contributed by atoms with Crippen LogP contribution in [0, 0.1) is 11.8 Å². The maximum Gasteiger partial charge on any atom is 0.323 e. The third-order valence-corrected chi connectivity index (χ3v) is 10.1. The van der Waals surface area contributed by atoms with Crippen molar-refractivity contribution < 1.29 is 29.0 Å². The fourth-order valence-electron chi connectivity index (χ4n) is 7.10. The predicted octanol–water partition coefficient (Wildman–Crippen LogP) is 7.32. The first-order valence-corrected chi connectivity index (χ1v) is 18.3. The number of aliphatic hydroxyl groups is 1. The first kappa shape index (κ1) is 37.1. The van der Waals surface area contributed by atoms with Gasteiger partial charge in [-0.05, 0) is 75.6 Å². The molecule has 0 bridgehead atoms. The van der Waals surface area contributed by atoms with Gasteiger partial charge in [0, 0.05) is 49.7 Å². The smallest absolute Gasteiger partial charge is 0.323 e. The highest BCUT2D eigenvalue weighted by molar-refractivity contribution is 6.07. The van der Waals surface area contributed by atoms with Gasteiger partial charge in [0.1, 0.15) is 5.75 Å². The predicted molar refractivity (Wildman–Crippen MR) is 198 cm³/mol. The van der Waals surface area contributed by atoms with E-state index in [-0.39, 0.29) is 42.5 Å². The Morgan fingerprint density at radius 1 is 0.960 bits per heavy atom. The number of carbonyl (C=O) groups is 3. The average Bonchev–Trinajstić information content (AvgIpc) is 3.12. The van der Waals surface area contributed by atoms with Gasteiger partial charge in [0.15, 0.2) is 0 Å². The van der Waals surface area contributed by atoms with E-state index < -0.39 is 12.1 Å². The van der Waals surface area contributed by atoms with Crippen LogP contribution in [0.15, 0.2) is 60.7 Å². The zero-order chi connectivity index (χ0) is 35.6. The highest BCUT2D eigenvalue weighted by atomic mass is 16.5. The number of urea groups is 1. The molecule has 2 aliphatic rings. The van der Waals surface area contributed by atoms with E-state index in [1.807, 2.05) is 75.2 Å². The van der Waals surface area contributed by atoms with Gasteiger partial charge in [0.2, 0.25) is 5.91 Å². The summed E-state index contributed by atoms with van der Waals surface area (Å²) in [4.78, 5) is 44.5. The van der Waals surface area contributed by atoms with Crippen LogP contribution < -0.4 is 15.4 Å². The van der Waals surface area contributed by atoms with E-state index in [0.717, 1.165) is 55.7 Å². The van der Waals surface area contributed by atoms with Crippen molar-refractivity contribution in [1.82, 2.24) is 9.80 Å². The second-order valence-corrected chi connectivity index (χ2v) is 14.2. The van der Waals surface area contributed by atoms with Crippen LogP contribution in [0.4, 0.5) is 16.2 Å². The number of hydrogen-bond acceptors (Lipinski definition) is 6. The molecule has 5 rings (SSSR count). The Balaban J connectivity index is 1.38. The fraction of sp³-hybridized carbons (Fsp3) is 0.525. The van der Waals surface area contributed by atoms with Crippen molar-refractivity contribution in [3.05, 3.63) is 66.2 Å². The van der Waals surface area contributed by atoms with Crippen molar-refractivity contribution in [1.29, 1.82) is 0 Å². The quantitative estimate of drug-likeness (QED) is 0.240. The third kappa shape index (κ3) is 9.54. The fourth-order valence-corrected chi connectivity index (χ4v) is 7.10. The van der Waals surface area contributed by atoms with Gasteiger partial charge in [-0.3, -0.25) is 9.59 Å². The second kappa shape index (κ2) is 17.7. The molecule has 0 saturated heterocycles. The Labute approximate surface area is 296 Å². The van der Waals surface area contributed by atoms with Crippen molar-refractivity contribution in [3.8, 4) is 5.75 Å². The highest BCUT2D eigenvalue weighted by Gasteiger charge is 2.32. The largest absolute Gasteiger partial charge is 0.490 e. The van der Waals surface area contributed by atoms with Gasteiger partial charge < -0.3 is 35.0 Å². The molecule has 1 aliphatic heterocycles. The Morgan fingerprint density at radius 2 is 1.70 bits per heavy atom. The topological polar surface area (TPSA) is 120 Å². The number of nitrogens with zero attached hydrogens (tertiary/aromatic N) is 2. The number of benzene rings is 3. The minimum Gasteiger partial charge on any atom is -0.490 e. The molecule has 3 N–H and O–H groups in total. The Hall–Kier alpha value is -4.15. The Morgan fingerprint density at radius 3 is 2.48 bits per heavy atom. The molecule has 1 heterocycles. The molecule has 0 spiro atoms. The van der Waals surface area contributed by atoms with Gasteiger partial charge >= 0.3 is 6.03 Å². The molecular formula is C40H54N4O6. The molecular weight excluding hydrogens is 632 g/mol. The van der Waals surface area contributed by atoms with E-state index in [0.29, 0.717) is 42.4 Å². The van der Waals surface area contributed by atoms with Crippen molar-refractivity contribution in [2.24, 2.45) is 11.8 Å². The molecule has 270 valence electrons. The summed E-state index contributed by atoms with van der Waals surface area (Å²) in [5.41, 5.74) is 1.40. The summed E-state index contributed by atoms with van der Waals surface area (Å²) in [7, 11) is 1.86. The number of nitrogens with one attached hydrogen (secondary N) is 2. The number of hydrogen-bond donors (Lipinski definition) is 3. The number of anilines is 2. The molecule has 0 radical (unpaired) electrons. The normalized spacial score (nSPS) is 21.7. The zero-order valence-corrected chi connectivity index (χ0v) is 30.0. The molecule has 1 fully saturated rings. The van der Waals surface area contributed by atoms with Crippen LogP contribution in [-0.2, 0) is 9.53 Å². The summed E-state index contributed by atoms with van der Waals surface area (Å²) in [5, 5.41) is 18.1. The van der Waals surface area contributed by atoms with Gasteiger partial charge in [-0.1, -0.05) is 62.6 Å². The second-order valence-electron chi connectivity index (χ2n) is 14.2. The van der Waals surface area contributed by atoms with E-state index in [2.05, 4.69) is 10.6 Å². The van der Waals surface area contributed by atoms with Gasteiger partial charge in [-0.15, -0.1) is 0 Å². The summed E-state index contributed by atoms with van der Waals surface area (Å²) >= 11 is 0. The van der Waals surface area contributed by atoms with Gasteiger partial charge in [-0.2, -0.15) is 0 Å². The van der Waals surface area contributed by atoms with Crippen LogP contribution in [0.5, 0.6) is 5.75 Å². The lowest BCUT2D eigenvalue weighted by molar-refractivity contribution is -0.137. The maximum atomic E-state index is 14.5. The van der Waals surface area contributed by atoms with Crippen molar-refractivity contribution in [2.45, 2.75) is 90.4 Å². The number of ether oxygens (including phenoxy) is 2. The van der Waals surface area contributed by atoms with E-state index in [4.69, 9.17) is 9.47 Å². The van der Waals surface area contributed by atoms with Crippen LogP contribution in [0.3, 0.4) is 0 Å². The lowest BCUT2D eigenvalue weighted by Crippen LogP contribution is -2.48. The molecule has 50 heavy (non-hydrogen) atoms.